The Kier molecular flexibility index (Phi) is 11.6. The van der Waals surface area contributed by atoms with Gasteiger partial charge in [-0.1, -0.05) is 24.3 Å². The number of carbonyl (C=O) groups excluding carboxylic acids is 3. The van der Waals surface area contributed by atoms with E-state index in [9.17, 15) is 44.4 Å². The zero-order valence-corrected chi connectivity index (χ0v) is 21.5. The predicted octanol–water partition coefficient (Wildman–Crippen LogP) is -0.846. The second-order valence-electron chi connectivity index (χ2n) is 8.65. The van der Waals surface area contributed by atoms with Crippen molar-refractivity contribution in [2.24, 2.45) is 5.73 Å². The molecule has 2 aromatic rings. The Morgan fingerprint density at radius 1 is 0.692 bits per heavy atom. The van der Waals surface area contributed by atoms with E-state index in [1.165, 1.54) is 36.4 Å². The number of phenols is 2. The van der Waals surface area contributed by atoms with Crippen molar-refractivity contribution in [3.05, 3.63) is 59.7 Å². The third-order valence-electron chi connectivity index (χ3n) is 5.55. The molecule has 4 atom stereocenters. The van der Waals surface area contributed by atoms with Crippen molar-refractivity contribution in [1.82, 2.24) is 16.0 Å². The topological polar surface area (TPSA) is 228 Å². The van der Waals surface area contributed by atoms with Gasteiger partial charge in [0.25, 0.3) is 0 Å². The molecule has 0 heterocycles. The fourth-order valence-electron chi connectivity index (χ4n) is 3.45. The highest BCUT2D eigenvalue weighted by Crippen LogP contribution is 2.12. The minimum Gasteiger partial charge on any atom is -0.508 e. The predicted molar refractivity (Wildman–Crippen MR) is 141 cm³/mol. The van der Waals surface area contributed by atoms with E-state index in [2.05, 4.69) is 28.6 Å². The Hall–Kier alpha value is -4.30. The summed E-state index contributed by atoms with van der Waals surface area (Å²) in [5.41, 5.74) is 7.04. The van der Waals surface area contributed by atoms with Crippen LogP contribution in [0.4, 0.5) is 0 Å². The van der Waals surface area contributed by atoms with Crippen molar-refractivity contribution >= 4 is 42.3 Å². The number of benzene rings is 2. The molecule has 0 radical (unpaired) electrons. The molecule has 0 saturated heterocycles. The van der Waals surface area contributed by atoms with Crippen LogP contribution < -0.4 is 21.7 Å². The van der Waals surface area contributed by atoms with Crippen LogP contribution in [0.5, 0.6) is 11.5 Å². The molecular weight excluding hydrogens is 532 g/mol. The second-order valence-corrected chi connectivity index (χ2v) is 9.01. The van der Waals surface area contributed by atoms with Crippen molar-refractivity contribution in [3.63, 3.8) is 0 Å². The summed E-state index contributed by atoms with van der Waals surface area (Å²) in [6.07, 6.45) is -0.950. The van der Waals surface area contributed by atoms with Gasteiger partial charge in [0.15, 0.2) is 0 Å². The molecule has 2 rings (SSSR count). The highest BCUT2D eigenvalue weighted by Gasteiger charge is 2.31. The Bertz CT molecular complexity index is 1180. The third-order valence-corrected chi connectivity index (χ3v) is 5.91. The molecule has 14 heteroatoms. The monoisotopic (exact) mass is 562 g/mol. The van der Waals surface area contributed by atoms with E-state index < -0.39 is 60.2 Å². The highest BCUT2D eigenvalue weighted by atomic mass is 32.1. The minimum absolute atomic E-state index is 0.0361. The molecule has 13 nitrogen and oxygen atoms in total. The normalized spacial score (nSPS) is 13.8. The second kappa shape index (κ2) is 14.6. The Morgan fingerprint density at radius 2 is 1.13 bits per heavy atom. The first kappa shape index (κ1) is 30.9. The van der Waals surface area contributed by atoms with Crippen LogP contribution in [0.2, 0.25) is 0 Å². The number of hydrogen-bond donors (Lipinski definition) is 9. The number of carboxylic acids is 2. The summed E-state index contributed by atoms with van der Waals surface area (Å²) in [5, 5.41) is 44.3. The van der Waals surface area contributed by atoms with Crippen LogP contribution in [-0.4, -0.2) is 80.0 Å². The summed E-state index contributed by atoms with van der Waals surface area (Å²) in [7, 11) is 0. The summed E-state index contributed by atoms with van der Waals surface area (Å²) < 4.78 is 0. The molecular formula is C25H30N4O9S. The lowest BCUT2D eigenvalue weighted by molar-refractivity contribution is -0.143. The first-order valence-electron chi connectivity index (χ1n) is 11.7. The van der Waals surface area contributed by atoms with Crippen LogP contribution in [0, 0.1) is 0 Å². The van der Waals surface area contributed by atoms with Gasteiger partial charge in [-0.3, -0.25) is 19.2 Å². The molecule has 0 aliphatic heterocycles. The van der Waals surface area contributed by atoms with Crippen molar-refractivity contribution in [2.45, 2.75) is 43.4 Å². The summed E-state index contributed by atoms with van der Waals surface area (Å²) in [4.78, 5) is 61.2. The van der Waals surface area contributed by atoms with E-state index in [1.54, 1.807) is 12.1 Å². The van der Waals surface area contributed by atoms with Gasteiger partial charge in [0.05, 0.1) is 12.5 Å². The standard InChI is InChI=1S/C25H30N4O9S/c26-17(9-13-1-5-15(30)6-2-13)22(34)29-20(12-39)24(36)27-18(11-21(32)33)23(35)28-19(25(37)38)10-14-3-7-16(31)8-4-14/h1-8,17-20,30-31,39H,9-12,26H2,(H,27,36)(H,28,35)(H,29,34)(H,32,33)(H,37,38). The Balaban J connectivity index is 2.05. The van der Waals surface area contributed by atoms with Gasteiger partial charge in [0, 0.05) is 12.2 Å². The highest BCUT2D eigenvalue weighted by molar-refractivity contribution is 7.80. The van der Waals surface area contributed by atoms with E-state index in [0.717, 1.165) is 0 Å². The van der Waals surface area contributed by atoms with Crippen molar-refractivity contribution in [2.75, 3.05) is 5.75 Å². The number of phenolic OH excluding ortho intramolecular Hbond substituents is 2. The first-order valence-corrected chi connectivity index (χ1v) is 12.3. The van der Waals surface area contributed by atoms with E-state index in [-0.39, 0.29) is 30.1 Å². The number of thiol groups is 1. The number of rotatable bonds is 14. The number of aliphatic carboxylic acids is 2. The quantitative estimate of drug-likeness (QED) is 0.130. The van der Waals surface area contributed by atoms with E-state index in [4.69, 9.17) is 5.73 Å². The van der Waals surface area contributed by atoms with Crippen LogP contribution >= 0.6 is 12.6 Å². The Labute approximate surface area is 228 Å². The maximum atomic E-state index is 12.8. The lowest BCUT2D eigenvalue weighted by Crippen LogP contribution is -2.58. The SMILES string of the molecule is NC(Cc1ccc(O)cc1)C(=O)NC(CS)C(=O)NC(CC(=O)O)C(=O)NC(Cc1ccc(O)cc1)C(=O)O. The van der Waals surface area contributed by atoms with Crippen molar-refractivity contribution in [3.8, 4) is 11.5 Å². The number of nitrogens with two attached hydrogens (primary N) is 1. The molecule has 0 spiro atoms. The molecule has 4 unspecified atom stereocenters. The number of amides is 3. The van der Waals surface area contributed by atoms with Crippen LogP contribution in [0.15, 0.2) is 48.5 Å². The zero-order valence-electron chi connectivity index (χ0n) is 20.6. The molecule has 0 bridgehead atoms. The maximum absolute atomic E-state index is 12.8. The number of carbonyl (C=O) groups is 5. The van der Waals surface area contributed by atoms with Crippen molar-refractivity contribution in [1.29, 1.82) is 0 Å². The van der Waals surface area contributed by atoms with E-state index in [0.29, 0.717) is 11.1 Å². The summed E-state index contributed by atoms with van der Waals surface area (Å²) >= 11 is 4.04. The summed E-state index contributed by atoms with van der Waals surface area (Å²) in [6.45, 7) is 0. The molecule has 210 valence electrons. The van der Waals surface area contributed by atoms with Gasteiger partial charge in [-0.2, -0.15) is 12.6 Å². The molecule has 0 saturated carbocycles. The van der Waals surface area contributed by atoms with Gasteiger partial charge in [0.2, 0.25) is 17.7 Å². The van der Waals surface area contributed by atoms with Crippen molar-refractivity contribution < 1.29 is 44.4 Å². The molecule has 0 aliphatic rings. The van der Waals surface area contributed by atoms with E-state index >= 15 is 0 Å². The van der Waals surface area contributed by atoms with Crippen LogP contribution in [-0.2, 0) is 36.8 Å². The van der Waals surface area contributed by atoms with Gasteiger partial charge in [-0.25, -0.2) is 4.79 Å². The lowest BCUT2D eigenvalue weighted by Gasteiger charge is -2.24. The average Bonchev–Trinajstić information content (AvgIpc) is 2.88. The largest absolute Gasteiger partial charge is 0.508 e. The van der Waals surface area contributed by atoms with Crippen LogP contribution in [0.3, 0.4) is 0 Å². The maximum Gasteiger partial charge on any atom is 0.326 e. The van der Waals surface area contributed by atoms with Gasteiger partial charge < -0.3 is 42.1 Å². The Morgan fingerprint density at radius 3 is 1.59 bits per heavy atom. The summed E-state index contributed by atoms with van der Waals surface area (Å²) in [6, 6.07) is 6.11. The minimum atomic E-state index is -1.67. The molecule has 0 aliphatic carbocycles. The number of hydrogen-bond acceptors (Lipinski definition) is 9. The molecule has 3 amide bonds. The van der Waals surface area contributed by atoms with E-state index in [1.807, 2.05) is 0 Å². The molecule has 0 fully saturated rings. The number of carboxylic acid groups (broad SMARTS) is 2. The molecule has 2 aromatic carbocycles. The zero-order chi connectivity index (χ0) is 29.1. The third kappa shape index (κ3) is 10.2. The smallest absolute Gasteiger partial charge is 0.326 e. The fourth-order valence-corrected chi connectivity index (χ4v) is 3.70. The van der Waals surface area contributed by atoms with Gasteiger partial charge >= 0.3 is 11.9 Å². The fraction of sp³-hybridized carbons (Fsp3) is 0.320. The van der Waals surface area contributed by atoms with Gasteiger partial charge in [-0.05, 0) is 41.8 Å². The van der Waals surface area contributed by atoms with Crippen LogP contribution in [0.25, 0.3) is 0 Å². The molecule has 0 aromatic heterocycles. The molecule has 39 heavy (non-hydrogen) atoms. The summed E-state index contributed by atoms with van der Waals surface area (Å²) in [5.74, 6) is -5.76. The number of nitrogens with one attached hydrogen (secondary N) is 3. The molecule has 9 N–H and O–H groups in total. The van der Waals surface area contributed by atoms with Gasteiger partial charge in [0.1, 0.15) is 29.6 Å². The lowest BCUT2D eigenvalue weighted by atomic mass is 10.0. The average molecular weight is 563 g/mol. The van der Waals surface area contributed by atoms with Gasteiger partial charge in [-0.15, -0.1) is 0 Å². The number of aromatic hydroxyl groups is 2. The van der Waals surface area contributed by atoms with Crippen LogP contribution in [0.1, 0.15) is 17.5 Å². The first-order chi connectivity index (χ1) is 18.4.